The molecule has 0 bridgehead atoms. The number of aromatic nitrogens is 2. The fraction of sp³-hybridized carbons (Fsp3) is 0.500. The summed E-state index contributed by atoms with van der Waals surface area (Å²) < 4.78 is 6.05. The number of hydrogen-bond acceptors (Lipinski definition) is 3. The van der Waals surface area contributed by atoms with Crippen LogP contribution in [0.3, 0.4) is 0 Å². The zero-order valence-electron chi connectivity index (χ0n) is 21.7. The first kappa shape index (κ1) is 25.4. The summed E-state index contributed by atoms with van der Waals surface area (Å²) in [4.78, 5) is 8.98. The first-order valence-electron chi connectivity index (χ1n) is 13.9. The summed E-state index contributed by atoms with van der Waals surface area (Å²) in [5.74, 6) is 3.66. The molecule has 186 valence electrons. The Labute approximate surface area is 212 Å². The van der Waals surface area contributed by atoms with Gasteiger partial charge in [0.1, 0.15) is 5.75 Å². The first-order valence-corrected chi connectivity index (χ1v) is 13.9. The van der Waals surface area contributed by atoms with Gasteiger partial charge in [0.15, 0.2) is 5.82 Å². The second-order valence-corrected chi connectivity index (χ2v) is 10.2. The summed E-state index contributed by atoms with van der Waals surface area (Å²) in [7, 11) is 0. The lowest BCUT2D eigenvalue weighted by Crippen LogP contribution is -2.15. The molecule has 1 fully saturated rings. The molecule has 0 radical (unpaired) electrons. The van der Waals surface area contributed by atoms with Gasteiger partial charge in [0, 0.05) is 18.0 Å². The van der Waals surface area contributed by atoms with Gasteiger partial charge in [-0.2, -0.15) is 0 Å². The molecule has 1 aromatic heterocycles. The lowest BCUT2D eigenvalue weighted by atomic mass is 9.78. The van der Waals surface area contributed by atoms with Crippen LogP contribution in [0.4, 0.5) is 0 Å². The minimum atomic E-state index is 0.775. The van der Waals surface area contributed by atoms with E-state index >= 15 is 0 Å². The third-order valence-electron chi connectivity index (χ3n) is 7.65. The van der Waals surface area contributed by atoms with E-state index in [4.69, 9.17) is 4.74 Å². The topological polar surface area (TPSA) is 35.0 Å². The second kappa shape index (κ2) is 13.4. The molecular formula is C32H42N2O. The van der Waals surface area contributed by atoms with Crippen LogP contribution in [0.1, 0.15) is 83.6 Å². The van der Waals surface area contributed by atoms with Crippen molar-refractivity contribution < 1.29 is 4.74 Å². The minimum absolute atomic E-state index is 0.775. The predicted octanol–water partition coefficient (Wildman–Crippen LogP) is 8.92. The molecule has 0 N–H and O–H groups in total. The Morgan fingerprint density at radius 3 is 1.80 bits per heavy atom. The van der Waals surface area contributed by atoms with E-state index in [1.54, 1.807) is 0 Å². The second-order valence-electron chi connectivity index (χ2n) is 10.2. The molecular weight excluding hydrogens is 428 g/mol. The average molecular weight is 471 g/mol. The highest BCUT2D eigenvalue weighted by Crippen LogP contribution is 2.34. The normalized spacial score (nSPS) is 17.9. The van der Waals surface area contributed by atoms with Crippen molar-refractivity contribution in [3.05, 3.63) is 66.5 Å². The van der Waals surface area contributed by atoms with Crippen LogP contribution in [0.25, 0.3) is 22.5 Å². The quantitative estimate of drug-likeness (QED) is 0.248. The summed E-state index contributed by atoms with van der Waals surface area (Å²) in [6, 6.07) is 17.0. The van der Waals surface area contributed by atoms with Gasteiger partial charge in [-0.25, -0.2) is 9.97 Å². The molecule has 1 aliphatic carbocycles. The number of unbranched alkanes of at least 4 members (excludes halogenated alkanes) is 2. The van der Waals surface area contributed by atoms with Crippen LogP contribution in [0.15, 0.2) is 60.9 Å². The summed E-state index contributed by atoms with van der Waals surface area (Å²) in [5, 5.41) is 0. The maximum absolute atomic E-state index is 6.05. The van der Waals surface area contributed by atoms with E-state index in [1.165, 1.54) is 68.9 Å². The van der Waals surface area contributed by atoms with E-state index in [-0.39, 0.29) is 0 Å². The van der Waals surface area contributed by atoms with Gasteiger partial charge in [-0.1, -0.05) is 102 Å². The third-order valence-corrected chi connectivity index (χ3v) is 7.65. The van der Waals surface area contributed by atoms with Gasteiger partial charge in [-0.05, 0) is 59.9 Å². The first-order chi connectivity index (χ1) is 17.2. The van der Waals surface area contributed by atoms with Crippen LogP contribution in [0.5, 0.6) is 5.75 Å². The maximum Gasteiger partial charge on any atom is 0.159 e. The van der Waals surface area contributed by atoms with Gasteiger partial charge < -0.3 is 4.74 Å². The molecule has 0 amide bonds. The Bertz CT molecular complexity index is 987. The number of hydrogen-bond donors (Lipinski definition) is 0. The van der Waals surface area contributed by atoms with Gasteiger partial charge in [-0.15, -0.1) is 0 Å². The Kier molecular flexibility index (Phi) is 9.74. The van der Waals surface area contributed by atoms with Gasteiger partial charge in [0.2, 0.25) is 0 Å². The zero-order valence-corrected chi connectivity index (χ0v) is 21.7. The van der Waals surface area contributed by atoms with Crippen LogP contribution in [0.2, 0.25) is 0 Å². The molecule has 1 aliphatic rings. The molecule has 0 aliphatic heterocycles. The van der Waals surface area contributed by atoms with Crippen molar-refractivity contribution in [2.24, 2.45) is 11.8 Å². The lowest BCUT2D eigenvalue weighted by Gasteiger charge is -2.28. The fourth-order valence-corrected chi connectivity index (χ4v) is 5.30. The standard InChI is InChI=1S/C32H42N2O/c1-3-5-6-8-26-10-12-27(13-11-26)9-7-22-35-31-20-18-29(19-21-31)28-14-16-30(17-15-28)32-33-23-25(4-2)24-34-32/h14-21,23-24,26-27H,3-13,22H2,1-2H3/t26-,27-. The van der Waals surface area contributed by atoms with E-state index in [1.807, 2.05) is 12.4 Å². The maximum atomic E-state index is 6.05. The van der Waals surface area contributed by atoms with Crippen molar-refractivity contribution in [3.63, 3.8) is 0 Å². The number of rotatable bonds is 12. The predicted molar refractivity (Wildman–Crippen MR) is 147 cm³/mol. The molecule has 0 atom stereocenters. The number of ether oxygens (including phenoxy) is 1. The molecule has 4 rings (SSSR count). The van der Waals surface area contributed by atoms with Crippen molar-refractivity contribution in [2.75, 3.05) is 6.61 Å². The van der Waals surface area contributed by atoms with Crippen molar-refractivity contribution in [3.8, 4) is 28.3 Å². The van der Waals surface area contributed by atoms with Crippen LogP contribution in [-0.2, 0) is 6.42 Å². The van der Waals surface area contributed by atoms with Gasteiger partial charge in [0.25, 0.3) is 0 Å². The van der Waals surface area contributed by atoms with Crippen LogP contribution < -0.4 is 4.74 Å². The highest BCUT2D eigenvalue weighted by atomic mass is 16.5. The van der Waals surface area contributed by atoms with Crippen molar-refractivity contribution in [2.45, 2.75) is 84.5 Å². The van der Waals surface area contributed by atoms with E-state index in [0.717, 1.165) is 54.0 Å². The Morgan fingerprint density at radius 2 is 1.23 bits per heavy atom. The van der Waals surface area contributed by atoms with Gasteiger partial charge >= 0.3 is 0 Å². The zero-order chi connectivity index (χ0) is 24.3. The fourth-order valence-electron chi connectivity index (χ4n) is 5.30. The highest BCUT2D eigenvalue weighted by Gasteiger charge is 2.20. The summed E-state index contributed by atoms with van der Waals surface area (Å²) in [6.45, 7) is 5.24. The number of nitrogens with zero attached hydrogens (tertiary/aromatic N) is 2. The van der Waals surface area contributed by atoms with E-state index in [0.29, 0.717) is 0 Å². The van der Waals surface area contributed by atoms with Gasteiger partial charge in [-0.3, -0.25) is 0 Å². The highest BCUT2D eigenvalue weighted by molar-refractivity contribution is 5.68. The molecule has 0 unspecified atom stereocenters. The van der Waals surface area contributed by atoms with Crippen molar-refractivity contribution in [1.82, 2.24) is 9.97 Å². The summed E-state index contributed by atoms with van der Waals surface area (Å²) >= 11 is 0. The van der Waals surface area contributed by atoms with Crippen LogP contribution in [0, 0.1) is 11.8 Å². The molecule has 0 saturated heterocycles. The largest absolute Gasteiger partial charge is 0.494 e. The Balaban J connectivity index is 1.18. The average Bonchev–Trinajstić information content (AvgIpc) is 2.92. The van der Waals surface area contributed by atoms with E-state index in [2.05, 4.69) is 72.3 Å². The smallest absolute Gasteiger partial charge is 0.159 e. The summed E-state index contributed by atoms with van der Waals surface area (Å²) in [5.41, 5.74) is 4.59. The SMILES string of the molecule is CCCCC[C@H]1CC[C@H](CCCOc2ccc(-c3ccc(-c4ncc(CC)cn4)cc3)cc2)CC1. The third kappa shape index (κ3) is 7.65. The Morgan fingerprint density at radius 1 is 0.686 bits per heavy atom. The minimum Gasteiger partial charge on any atom is -0.494 e. The molecule has 1 saturated carbocycles. The van der Waals surface area contributed by atoms with Crippen LogP contribution in [-0.4, -0.2) is 16.6 Å². The van der Waals surface area contributed by atoms with Crippen molar-refractivity contribution >= 4 is 0 Å². The molecule has 2 aromatic carbocycles. The number of aryl methyl sites for hydroxylation is 1. The molecule has 0 spiro atoms. The van der Waals surface area contributed by atoms with Crippen molar-refractivity contribution in [1.29, 1.82) is 0 Å². The van der Waals surface area contributed by atoms with E-state index in [9.17, 15) is 0 Å². The molecule has 3 heteroatoms. The summed E-state index contributed by atoms with van der Waals surface area (Å²) in [6.07, 6.45) is 18.7. The molecule has 3 nitrogen and oxygen atoms in total. The monoisotopic (exact) mass is 470 g/mol. The Hall–Kier alpha value is -2.68. The van der Waals surface area contributed by atoms with Gasteiger partial charge in [0.05, 0.1) is 6.61 Å². The number of benzene rings is 2. The lowest BCUT2D eigenvalue weighted by molar-refractivity contribution is 0.228. The molecule has 35 heavy (non-hydrogen) atoms. The molecule has 3 aromatic rings. The molecule has 1 heterocycles. The van der Waals surface area contributed by atoms with Crippen LogP contribution >= 0.6 is 0 Å². The van der Waals surface area contributed by atoms with E-state index < -0.39 is 0 Å².